The third-order valence-corrected chi connectivity index (χ3v) is 3.03. The molecule has 7 nitrogen and oxygen atoms in total. The number of esters is 1. The number of ether oxygens (including phenoxy) is 2. The Labute approximate surface area is 111 Å². The fraction of sp³-hybridized carbons (Fsp3) is 0.0909. The molecule has 0 aromatic carbocycles. The van der Waals surface area contributed by atoms with E-state index in [1.807, 2.05) is 0 Å². The van der Waals surface area contributed by atoms with E-state index >= 15 is 0 Å². The van der Waals surface area contributed by atoms with Crippen molar-refractivity contribution in [3.63, 3.8) is 0 Å². The normalized spacial score (nSPS) is 9.95. The van der Waals surface area contributed by atoms with Gasteiger partial charge in [-0.25, -0.2) is 9.78 Å². The smallest absolute Gasteiger partial charge is 0.351 e. The summed E-state index contributed by atoms with van der Waals surface area (Å²) in [6, 6.07) is 4.22. The Hall–Kier alpha value is -2.48. The van der Waals surface area contributed by atoms with Gasteiger partial charge in [-0.1, -0.05) is 0 Å². The average Bonchev–Trinajstić information content (AvgIpc) is 2.86. The van der Waals surface area contributed by atoms with Crippen LogP contribution in [0.25, 0.3) is 0 Å². The van der Waals surface area contributed by atoms with Crippen molar-refractivity contribution >= 4 is 23.0 Å². The standard InChI is InChI=1S/C11H8N2O5S/c1-17-11(14)9-8(4-6-19-9)18-10-7(13(15)16)3-2-5-12-10/h2-6H,1H3. The molecular weight excluding hydrogens is 272 g/mol. The van der Waals surface area contributed by atoms with E-state index in [0.717, 1.165) is 11.3 Å². The topological polar surface area (TPSA) is 91.6 Å². The molecule has 2 rings (SSSR count). The molecule has 2 aromatic rings. The Morgan fingerprint density at radius 2 is 2.26 bits per heavy atom. The maximum Gasteiger partial charge on any atom is 0.351 e. The Morgan fingerprint density at radius 3 is 2.95 bits per heavy atom. The lowest BCUT2D eigenvalue weighted by Gasteiger charge is -2.04. The van der Waals surface area contributed by atoms with Crippen LogP contribution in [0.5, 0.6) is 11.6 Å². The van der Waals surface area contributed by atoms with Gasteiger partial charge >= 0.3 is 11.7 Å². The molecular formula is C11H8N2O5S. The minimum absolute atomic E-state index is 0.170. The molecule has 0 N–H and O–H groups in total. The van der Waals surface area contributed by atoms with E-state index in [4.69, 9.17) is 4.74 Å². The van der Waals surface area contributed by atoms with Crippen LogP contribution in [0, 0.1) is 10.1 Å². The van der Waals surface area contributed by atoms with Gasteiger partial charge in [0.1, 0.15) is 0 Å². The molecule has 0 fully saturated rings. The number of aromatic nitrogens is 1. The molecule has 0 radical (unpaired) electrons. The van der Waals surface area contributed by atoms with Gasteiger partial charge in [0, 0.05) is 12.3 Å². The molecule has 8 heteroatoms. The van der Waals surface area contributed by atoms with Crippen LogP contribution < -0.4 is 4.74 Å². The molecule has 0 unspecified atom stereocenters. The lowest BCUT2D eigenvalue weighted by Crippen LogP contribution is -2.01. The van der Waals surface area contributed by atoms with E-state index in [1.165, 1.54) is 31.5 Å². The minimum atomic E-state index is -0.605. The third-order valence-electron chi connectivity index (χ3n) is 2.15. The predicted molar refractivity (Wildman–Crippen MR) is 66.6 cm³/mol. The van der Waals surface area contributed by atoms with E-state index < -0.39 is 10.9 Å². The second kappa shape index (κ2) is 5.44. The Morgan fingerprint density at radius 1 is 1.47 bits per heavy atom. The van der Waals surface area contributed by atoms with Crippen molar-refractivity contribution in [1.29, 1.82) is 0 Å². The van der Waals surface area contributed by atoms with Gasteiger partial charge in [-0.3, -0.25) is 10.1 Å². The van der Waals surface area contributed by atoms with Gasteiger partial charge in [0.25, 0.3) is 5.88 Å². The monoisotopic (exact) mass is 280 g/mol. The van der Waals surface area contributed by atoms with Gasteiger partial charge in [-0.15, -0.1) is 11.3 Å². The molecule has 2 heterocycles. The number of methoxy groups -OCH3 is 1. The van der Waals surface area contributed by atoms with Gasteiger partial charge in [-0.2, -0.15) is 0 Å². The first-order valence-electron chi connectivity index (χ1n) is 5.06. The Balaban J connectivity index is 2.35. The van der Waals surface area contributed by atoms with Crippen LogP contribution in [-0.4, -0.2) is 23.0 Å². The maximum atomic E-state index is 11.5. The number of carbonyl (C=O) groups is 1. The third kappa shape index (κ3) is 2.68. The summed E-state index contributed by atoms with van der Waals surface area (Å²) in [5.74, 6) is -0.557. The number of hydrogen-bond donors (Lipinski definition) is 0. The summed E-state index contributed by atoms with van der Waals surface area (Å²) >= 11 is 1.12. The van der Waals surface area contributed by atoms with Crippen LogP contribution >= 0.6 is 11.3 Å². The summed E-state index contributed by atoms with van der Waals surface area (Å²) in [4.78, 5) is 25.7. The summed E-state index contributed by atoms with van der Waals surface area (Å²) in [5, 5.41) is 12.4. The van der Waals surface area contributed by atoms with Crippen LogP contribution in [0.4, 0.5) is 5.69 Å². The highest BCUT2D eigenvalue weighted by atomic mass is 32.1. The van der Waals surface area contributed by atoms with Crippen molar-refractivity contribution in [2.24, 2.45) is 0 Å². The number of nitrogens with zero attached hydrogens (tertiary/aromatic N) is 2. The molecule has 0 spiro atoms. The fourth-order valence-electron chi connectivity index (χ4n) is 1.32. The van der Waals surface area contributed by atoms with E-state index in [9.17, 15) is 14.9 Å². The van der Waals surface area contributed by atoms with Crippen LogP contribution in [0.2, 0.25) is 0 Å². The highest BCUT2D eigenvalue weighted by molar-refractivity contribution is 7.12. The molecule has 19 heavy (non-hydrogen) atoms. The number of nitro groups is 1. The first-order chi connectivity index (χ1) is 9.13. The minimum Gasteiger partial charge on any atom is -0.465 e. The Kier molecular flexibility index (Phi) is 3.71. The van der Waals surface area contributed by atoms with Crippen molar-refractivity contribution in [3.8, 4) is 11.6 Å². The molecule has 0 aliphatic carbocycles. The summed E-state index contributed by atoms with van der Waals surface area (Å²) in [6.45, 7) is 0. The Bertz CT molecular complexity index is 625. The molecule has 2 aromatic heterocycles. The maximum absolute atomic E-state index is 11.5. The molecule has 98 valence electrons. The molecule has 0 bridgehead atoms. The van der Waals surface area contributed by atoms with Crippen molar-refractivity contribution in [1.82, 2.24) is 4.98 Å². The van der Waals surface area contributed by atoms with Gasteiger partial charge < -0.3 is 9.47 Å². The van der Waals surface area contributed by atoms with Crippen molar-refractivity contribution in [2.45, 2.75) is 0 Å². The summed E-state index contributed by atoms with van der Waals surface area (Å²) in [5.41, 5.74) is -0.274. The van der Waals surface area contributed by atoms with Crippen molar-refractivity contribution in [3.05, 3.63) is 44.8 Å². The van der Waals surface area contributed by atoms with E-state index in [2.05, 4.69) is 9.72 Å². The predicted octanol–water partition coefficient (Wildman–Crippen LogP) is 2.63. The second-order valence-electron chi connectivity index (χ2n) is 3.29. The first-order valence-corrected chi connectivity index (χ1v) is 5.94. The van der Waals surface area contributed by atoms with Crippen LogP contribution in [0.1, 0.15) is 9.67 Å². The van der Waals surface area contributed by atoms with Gasteiger partial charge in [0.15, 0.2) is 10.6 Å². The summed E-state index contributed by atoms with van der Waals surface area (Å²) < 4.78 is 9.91. The van der Waals surface area contributed by atoms with Gasteiger partial charge in [0.2, 0.25) is 0 Å². The fourth-order valence-corrected chi connectivity index (χ4v) is 2.06. The molecule has 0 saturated carbocycles. The number of hydrogen-bond acceptors (Lipinski definition) is 7. The van der Waals surface area contributed by atoms with E-state index in [1.54, 1.807) is 5.38 Å². The van der Waals surface area contributed by atoms with E-state index in [-0.39, 0.29) is 22.2 Å². The number of rotatable bonds is 4. The van der Waals surface area contributed by atoms with E-state index in [0.29, 0.717) is 0 Å². The zero-order chi connectivity index (χ0) is 13.8. The van der Waals surface area contributed by atoms with Crippen LogP contribution in [0.15, 0.2) is 29.8 Å². The first kappa shape index (κ1) is 13.0. The number of pyridine rings is 1. The molecule has 0 atom stereocenters. The molecule has 0 aliphatic heterocycles. The average molecular weight is 280 g/mol. The lowest BCUT2D eigenvalue weighted by molar-refractivity contribution is -0.386. The zero-order valence-corrected chi connectivity index (χ0v) is 10.5. The summed E-state index contributed by atoms with van der Waals surface area (Å²) in [6.07, 6.45) is 1.37. The van der Waals surface area contributed by atoms with Crippen LogP contribution in [-0.2, 0) is 4.74 Å². The van der Waals surface area contributed by atoms with Gasteiger partial charge in [0.05, 0.1) is 12.0 Å². The molecule has 0 amide bonds. The quantitative estimate of drug-likeness (QED) is 0.485. The number of carbonyl (C=O) groups excluding carboxylic acids is 1. The van der Waals surface area contributed by atoms with Gasteiger partial charge in [-0.05, 0) is 17.5 Å². The lowest BCUT2D eigenvalue weighted by atomic mass is 10.4. The van der Waals surface area contributed by atoms with Crippen molar-refractivity contribution < 1.29 is 19.2 Å². The highest BCUT2D eigenvalue weighted by Crippen LogP contribution is 2.33. The van der Waals surface area contributed by atoms with Crippen molar-refractivity contribution in [2.75, 3.05) is 7.11 Å². The zero-order valence-electron chi connectivity index (χ0n) is 9.73. The highest BCUT2D eigenvalue weighted by Gasteiger charge is 2.21. The molecule has 0 saturated heterocycles. The summed E-state index contributed by atoms with van der Waals surface area (Å²) in [7, 11) is 1.25. The molecule has 0 aliphatic rings. The second-order valence-corrected chi connectivity index (χ2v) is 4.21. The van der Waals surface area contributed by atoms with Crippen LogP contribution in [0.3, 0.4) is 0 Å². The largest absolute Gasteiger partial charge is 0.465 e. The number of thiophene rings is 1. The SMILES string of the molecule is COC(=O)c1sccc1Oc1ncccc1[N+](=O)[O-].